The van der Waals surface area contributed by atoms with Crippen molar-refractivity contribution in [2.45, 2.75) is 19.8 Å². The van der Waals surface area contributed by atoms with E-state index in [9.17, 15) is 9.59 Å². The van der Waals surface area contributed by atoms with Gasteiger partial charge in [-0.2, -0.15) is 0 Å². The van der Waals surface area contributed by atoms with Crippen molar-refractivity contribution in [3.63, 3.8) is 0 Å². The van der Waals surface area contributed by atoms with Gasteiger partial charge in [-0.25, -0.2) is 0 Å². The number of rotatable bonds is 6. The number of carbonyl (C=O) groups is 2. The highest BCUT2D eigenvalue weighted by atomic mass is 79.9. The molecule has 2 N–H and O–H groups in total. The maximum Gasteiger partial charge on any atom is 0.308 e. The lowest BCUT2D eigenvalue weighted by Gasteiger charge is -2.11. The van der Waals surface area contributed by atoms with Gasteiger partial charge in [0.25, 0.3) is 5.91 Å². The molecule has 1 atom stereocenters. The standard InChI is InChI=1S/C11H14BrNO3S/c1-2-3-7(11(15)16)5-13-10(14)8-4-9(12)17-6-8/h4,6-7H,2-3,5H2,1H3,(H,13,14)(H,15,16). The average molecular weight is 320 g/mol. The number of thiophene rings is 1. The molecule has 0 aliphatic rings. The molecule has 0 aromatic carbocycles. The van der Waals surface area contributed by atoms with Gasteiger partial charge in [0.2, 0.25) is 0 Å². The molecule has 1 heterocycles. The third-order valence-corrected chi connectivity index (χ3v) is 3.83. The molecule has 4 nitrogen and oxygen atoms in total. The van der Waals surface area contributed by atoms with Crippen LogP contribution < -0.4 is 5.32 Å². The number of hydrogen-bond acceptors (Lipinski definition) is 3. The first-order valence-corrected chi connectivity index (χ1v) is 6.97. The summed E-state index contributed by atoms with van der Waals surface area (Å²) in [7, 11) is 0. The molecule has 0 aliphatic carbocycles. The van der Waals surface area contributed by atoms with Crippen LogP contribution in [0.4, 0.5) is 0 Å². The Bertz CT molecular complexity index is 405. The quantitative estimate of drug-likeness (QED) is 0.847. The lowest BCUT2D eigenvalue weighted by atomic mass is 10.0. The van der Waals surface area contributed by atoms with E-state index in [1.54, 1.807) is 11.4 Å². The van der Waals surface area contributed by atoms with Crippen LogP contribution in [0.25, 0.3) is 0 Å². The van der Waals surface area contributed by atoms with Crippen molar-refractivity contribution in [1.82, 2.24) is 5.32 Å². The molecule has 1 aromatic rings. The lowest BCUT2D eigenvalue weighted by molar-refractivity contribution is -0.141. The number of carbonyl (C=O) groups excluding carboxylic acids is 1. The van der Waals surface area contributed by atoms with E-state index in [0.29, 0.717) is 12.0 Å². The second kappa shape index (κ2) is 6.76. The average Bonchev–Trinajstić information content (AvgIpc) is 2.70. The molecular formula is C11H14BrNO3S. The van der Waals surface area contributed by atoms with Gasteiger partial charge in [-0.15, -0.1) is 11.3 Å². The van der Waals surface area contributed by atoms with E-state index in [2.05, 4.69) is 21.2 Å². The third-order valence-electron chi connectivity index (χ3n) is 2.33. The number of halogens is 1. The smallest absolute Gasteiger partial charge is 0.308 e. The van der Waals surface area contributed by atoms with Crippen LogP contribution in [-0.2, 0) is 4.79 Å². The van der Waals surface area contributed by atoms with Crippen LogP contribution >= 0.6 is 27.3 Å². The predicted molar refractivity (Wildman–Crippen MR) is 70.4 cm³/mol. The van der Waals surface area contributed by atoms with Crippen molar-refractivity contribution in [2.75, 3.05) is 6.54 Å². The molecule has 1 unspecified atom stereocenters. The Labute approximate surface area is 112 Å². The molecule has 1 amide bonds. The monoisotopic (exact) mass is 319 g/mol. The molecule has 1 aromatic heterocycles. The predicted octanol–water partition coefficient (Wildman–Crippen LogP) is 2.74. The van der Waals surface area contributed by atoms with Crippen molar-refractivity contribution < 1.29 is 14.7 Å². The lowest BCUT2D eigenvalue weighted by Crippen LogP contribution is -2.32. The molecule has 17 heavy (non-hydrogen) atoms. The number of carboxylic acid groups (broad SMARTS) is 1. The summed E-state index contributed by atoms with van der Waals surface area (Å²) in [6.45, 7) is 2.10. The van der Waals surface area contributed by atoms with Gasteiger partial charge >= 0.3 is 5.97 Å². The normalized spacial score (nSPS) is 12.1. The topological polar surface area (TPSA) is 66.4 Å². The Hall–Kier alpha value is -0.880. The van der Waals surface area contributed by atoms with Crippen LogP contribution in [0.5, 0.6) is 0 Å². The summed E-state index contributed by atoms with van der Waals surface area (Å²) in [5, 5.41) is 13.3. The molecule has 1 rings (SSSR count). The van der Waals surface area contributed by atoms with Crippen molar-refractivity contribution in [1.29, 1.82) is 0 Å². The van der Waals surface area contributed by atoms with Gasteiger partial charge in [0, 0.05) is 11.9 Å². The number of aliphatic carboxylic acids is 1. The second-order valence-corrected chi connectivity index (χ2v) is 5.96. The van der Waals surface area contributed by atoms with Crippen LogP contribution in [-0.4, -0.2) is 23.5 Å². The molecule has 94 valence electrons. The van der Waals surface area contributed by atoms with Gasteiger partial charge in [0.15, 0.2) is 0 Å². The van der Waals surface area contributed by atoms with Gasteiger partial charge < -0.3 is 10.4 Å². The van der Waals surface area contributed by atoms with E-state index in [0.717, 1.165) is 10.2 Å². The fourth-order valence-electron chi connectivity index (χ4n) is 1.41. The molecular weight excluding hydrogens is 306 g/mol. The first-order valence-electron chi connectivity index (χ1n) is 5.29. The highest BCUT2D eigenvalue weighted by Gasteiger charge is 2.17. The van der Waals surface area contributed by atoms with Crippen LogP contribution in [0, 0.1) is 5.92 Å². The number of hydrogen-bond donors (Lipinski definition) is 2. The molecule has 0 saturated heterocycles. The minimum atomic E-state index is -0.862. The summed E-state index contributed by atoms with van der Waals surface area (Å²) in [5.41, 5.74) is 0.558. The van der Waals surface area contributed by atoms with Crippen molar-refractivity contribution >= 4 is 39.1 Å². The van der Waals surface area contributed by atoms with Crippen LogP contribution in [0.15, 0.2) is 15.2 Å². The van der Waals surface area contributed by atoms with E-state index >= 15 is 0 Å². The molecule has 0 aliphatic heterocycles. The van der Waals surface area contributed by atoms with E-state index < -0.39 is 11.9 Å². The Kier molecular flexibility index (Phi) is 5.64. The summed E-state index contributed by atoms with van der Waals surface area (Å²) >= 11 is 4.70. The van der Waals surface area contributed by atoms with Crippen molar-refractivity contribution in [2.24, 2.45) is 5.92 Å². The molecule has 0 fully saturated rings. The Morgan fingerprint density at radius 2 is 2.29 bits per heavy atom. The van der Waals surface area contributed by atoms with E-state index in [1.165, 1.54) is 11.3 Å². The highest BCUT2D eigenvalue weighted by molar-refractivity contribution is 9.11. The fourth-order valence-corrected chi connectivity index (χ4v) is 2.55. The first kappa shape index (κ1) is 14.2. The van der Waals surface area contributed by atoms with Gasteiger partial charge in [-0.3, -0.25) is 9.59 Å². The second-order valence-electron chi connectivity index (χ2n) is 3.67. The van der Waals surface area contributed by atoms with Crippen molar-refractivity contribution in [3.8, 4) is 0 Å². The maximum atomic E-state index is 11.7. The van der Waals surface area contributed by atoms with E-state index in [-0.39, 0.29) is 12.5 Å². The summed E-state index contributed by atoms with van der Waals surface area (Å²) in [4.78, 5) is 22.6. The molecule has 0 radical (unpaired) electrons. The zero-order chi connectivity index (χ0) is 12.8. The first-order chi connectivity index (χ1) is 8.04. The molecule has 6 heteroatoms. The zero-order valence-electron chi connectivity index (χ0n) is 9.40. The summed E-state index contributed by atoms with van der Waals surface area (Å²) in [5.74, 6) is -1.60. The summed E-state index contributed by atoms with van der Waals surface area (Å²) < 4.78 is 0.881. The summed E-state index contributed by atoms with van der Waals surface area (Å²) in [6.07, 6.45) is 1.36. The van der Waals surface area contributed by atoms with Crippen LogP contribution in [0.2, 0.25) is 0 Å². The maximum absolute atomic E-state index is 11.7. The Morgan fingerprint density at radius 3 is 2.76 bits per heavy atom. The largest absolute Gasteiger partial charge is 0.481 e. The van der Waals surface area contributed by atoms with Gasteiger partial charge in [-0.05, 0) is 28.4 Å². The van der Waals surface area contributed by atoms with E-state index in [1.807, 2.05) is 6.92 Å². The van der Waals surface area contributed by atoms with Gasteiger partial charge in [0.05, 0.1) is 15.3 Å². The SMILES string of the molecule is CCCC(CNC(=O)c1csc(Br)c1)C(=O)O. The van der Waals surface area contributed by atoms with Crippen molar-refractivity contribution in [3.05, 3.63) is 20.8 Å². The van der Waals surface area contributed by atoms with Gasteiger partial charge in [-0.1, -0.05) is 13.3 Å². The molecule has 0 saturated carbocycles. The minimum absolute atomic E-state index is 0.176. The number of nitrogens with one attached hydrogen (secondary N) is 1. The number of carboxylic acids is 1. The molecule has 0 spiro atoms. The van der Waals surface area contributed by atoms with E-state index in [4.69, 9.17) is 5.11 Å². The Morgan fingerprint density at radius 1 is 1.59 bits per heavy atom. The minimum Gasteiger partial charge on any atom is -0.481 e. The molecule has 0 bridgehead atoms. The third kappa shape index (κ3) is 4.47. The zero-order valence-corrected chi connectivity index (χ0v) is 11.8. The van der Waals surface area contributed by atoms with Gasteiger partial charge in [0.1, 0.15) is 0 Å². The number of amides is 1. The van der Waals surface area contributed by atoms with Crippen LogP contribution in [0.1, 0.15) is 30.1 Å². The summed E-state index contributed by atoms with van der Waals surface area (Å²) in [6, 6.07) is 1.72. The fraction of sp³-hybridized carbons (Fsp3) is 0.455. The highest BCUT2D eigenvalue weighted by Crippen LogP contribution is 2.20. The Balaban J connectivity index is 2.49. The van der Waals surface area contributed by atoms with Crippen LogP contribution in [0.3, 0.4) is 0 Å².